The Bertz CT molecular complexity index is 778. The van der Waals surface area contributed by atoms with Gasteiger partial charge in [0.05, 0.1) is 6.54 Å². The van der Waals surface area contributed by atoms with Gasteiger partial charge >= 0.3 is 0 Å². The van der Waals surface area contributed by atoms with Crippen molar-refractivity contribution < 1.29 is 4.57 Å². The topological polar surface area (TPSA) is 8.81 Å². The standard InChI is InChI=1S/C37H65N2/c1-3-5-7-9-11-13-14-15-16-17-18-19-20-21-23-28-32-37-38(33-29-24-22-12-10-8-6-4-2)34-35-39(37)36-30-26-25-27-31-36/h25-27,30-31,34-35H,3-24,28-29,32-33H2,1-2H3/q+1. The van der Waals surface area contributed by atoms with Crippen LogP contribution in [0.25, 0.3) is 5.69 Å². The number of hydrogen-bond acceptors (Lipinski definition) is 0. The summed E-state index contributed by atoms with van der Waals surface area (Å²) in [6.07, 6.45) is 39.8. The van der Waals surface area contributed by atoms with Crippen molar-refractivity contribution in [2.45, 2.75) is 181 Å². The number of unbranched alkanes of at least 4 members (excludes halogenated alkanes) is 22. The summed E-state index contributed by atoms with van der Waals surface area (Å²) in [5, 5.41) is 0. The average Bonchev–Trinajstić information content (AvgIpc) is 3.37. The summed E-state index contributed by atoms with van der Waals surface area (Å²) in [5.74, 6) is 1.49. The molecule has 2 aromatic rings. The molecule has 1 heterocycles. The third-order valence-electron chi connectivity index (χ3n) is 8.55. The van der Waals surface area contributed by atoms with Crippen molar-refractivity contribution in [2.75, 3.05) is 0 Å². The average molecular weight is 538 g/mol. The second-order valence-electron chi connectivity index (χ2n) is 12.1. The van der Waals surface area contributed by atoms with Crippen molar-refractivity contribution in [2.24, 2.45) is 0 Å². The lowest BCUT2D eigenvalue weighted by atomic mass is 10.0. The number of aromatic nitrogens is 2. The number of hydrogen-bond donors (Lipinski definition) is 0. The summed E-state index contributed by atoms with van der Waals surface area (Å²) in [6, 6.07) is 10.9. The van der Waals surface area contributed by atoms with Gasteiger partial charge in [0, 0.05) is 6.42 Å². The second-order valence-corrected chi connectivity index (χ2v) is 12.1. The quantitative estimate of drug-likeness (QED) is 0.0791. The van der Waals surface area contributed by atoms with Gasteiger partial charge in [0.2, 0.25) is 0 Å². The number of aryl methyl sites for hydroxylation is 1. The van der Waals surface area contributed by atoms with Crippen LogP contribution in [0.3, 0.4) is 0 Å². The molecule has 0 saturated heterocycles. The third kappa shape index (κ3) is 16.3. The molecule has 0 aliphatic heterocycles. The van der Waals surface area contributed by atoms with Crippen LogP contribution in [0.4, 0.5) is 0 Å². The van der Waals surface area contributed by atoms with Gasteiger partial charge in [0.15, 0.2) is 0 Å². The molecule has 0 unspecified atom stereocenters. The molecule has 0 fully saturated rings. The Morgan fingerprint density at radius 2 is 0.897 bits per heavy atom. The Morgan fingerprint density at radius 1 is 0.487 bits per heavy atom. The Hall–Kier alpha value is -1.57. The predicted molar refractivity (Wildman–Crippen MR) is 172 cm³/mol. The molecule has 0 saturated carbocycles. The van der Waals surface area contributed by atoms with E-state index in [1.54, 1.807) is 0 Å². The van der Waals surface area contributed by atoms with Crippen molar-refractivity contribution in [3.05, 3.63) is 48.5 Å². The van der Waals surface area contributed by atoms with E-state index in [-0.39, 0.29) is 0 Å². The first kappa shape index (κ1) is 33.6. The highest BCUT2D eigenvalue weighted by atomic mass is 15.1. The van der Waals surface area contributed by atoms with Gasteiger partial charge in [-0.05, 0) is 31.4 Å². The first-order valence-corrected chi connectivity index (χ1v) is 17.5. The fourth-order valence-electron chi connectivity index (χ4n) is 6.00. The maximum Gasteiger partial charge on any atom is 0.261 e. The van der Waals surface area contributed by atoms with Gasteiger partial charge in [-0.3, -0.25) is 0 Å². The summed E-state index contributed by atoms with van der Waals surface area (Å²) < 4.78 is 4.99. The first-order valence-electron chi connectivity index (χ1n) is 17.5. The van der Waals surface area contributed by atoms with Crippen molar-refractivity contribution >= 4 is 0 Å². The van der Waals surface area contributed by atoms with Crippen LogP contribution in [0, 0.1) is 0 Å². The molecule has 0 aliphatic rings. The zero-order valence-corrected chi connectivity index (χ0v) is 26.3. The highest BCUT2D eigenvalue weighted by molar-refractivity contribution is 5.31. The van der Waals surface area contributed by atoms with Gasteiger partial charge in [0.1, 0.15) is 18.1 Å². The number of para-hydroxylation sites is 1. The van der Waals surface area contributed by atoms with Gasteiger partial charge in [-0.2, -0.15) is 4.57 Å². The summed E-state index contributed by atoms with van der Waals surface area (Å²) in [4.78, 5) is 0. The van der Waals surface area contributed by atoms with Crippen LogP contribution in [0.15, 0.2) is 42.7 Å². The van der Waals surface area contributed by atoms with E-state index in [0.29, 0.717) is 0 Å². The smallest absolute Gasteiger partial charge is 0.234 e. The lowest BCUT2D eigenvalue weighted by Crippen LogP contribution is -2.37. The van der Waals surface area contributed by atoms with Crippen LogP contribution in [0.2, 0.25) is 0 Å². The lowest BCUT2D eigenvalue weighted by Gasteiger charge is -2.07. The van der Waals surface area contributed by atoms with Crippen molar-refractivity contribution in [1.29, 1.82) is 0 Å². The summed E-state index contributed by atoms with van der Waals surface area (Å²) in [7, 11) is 0. The summed E-state index contributed by atoms with van der Waals surface area (Å²) in [6.45, 7) is 5.78. The van der Waals surface area contributed by atoms with Gasteiger partial charge in [-0.25, -0.2) is 4.57 Å². The maximum absolute atomic E-state index is 2.55. The molecule has 0 atom stereocenters. The summed E-state index contributed by atoms with van der Waals surface area (Å²) >= 11 is 0. The zero-order chi connectivity index (χ0) is 27.6. The molecule has 0 amide bonds. The minimum absolute atomic E-state index is 1.17. The van der Waals surface area contributed by atoms with Crippen LogP contribution in [0.5, 0.6) is 0 Å². The second kappa shape index (κ2) is 24.2. The Kier molecular flexibility index (Phi) is 20.9. The number of nitrogens with zero attached hydrogens (tertiary/aromatic N) is 2. The van der Waals surface area contributed by atoms with Crippen LogP contribution in [0.1, 0.15) is 174 Å². The van der Waals surface area contributed by atoms with Crippen molar-refractivity contribution in [3.63, 3.8) is 0 Å². The van der Waals surface area contributed by atoms with Crippen LogP contribution < -0.4 is 4.57 Å². The highest BCUT2D eigenvalue weighted by Gasteiger charge is 2.18. The van der Waals surface area contributed by atoms with Gasteiger partial charge in [-0.1, -0.05) is 167 Å². The molecule has 0 N–H and O–H groups in total. The van der Waals surface area contributed by atoms with E-state index >= 15 is 0 Å². The molecule has 222 valence electrons. The minimum atomic E-state index is 1.17. The SMILES string of the molecule is CCCCCCCCCCCCCCCCCCc1n(-c2ccccc2)cc[n+]1CCCCCCCCCC. The number of imidazole rings is 1. The van der Waals surface area contributed by atoms with E-state index in [1.807, 2.05) is 0 Å². The monoisotopic (exact) mass is 538 g/mol. The van der Waals surface area contributed by atoms with Crippen molar-refractivity contribution in [3.8, 4) is 5.69 Å². The fraction of sp³-hybridized carbons (Fsp3) is 0.757. The van der Waals surface area contributed by atoms with E-state index < -0.39 is 0 Å². The van der Waals surface area contributed by atoms with Gasteiger partial charge in [0.25, 0.3) is 5.82 Å². The zero-order valence-electron chi connectivity index (χ0n) is 26.3. The molecule has 1 aromatic carbocycles. The molecular weight excluding hydrogens is 472 g/mol. The van der Waals surface area contributed by atoms with Crippen molar-refractivity contribution in [1.82, 2.24) is 4.57 Å². The van der Waals surface area contributed by atoms with E-state index in [9.17, 15) is 0 Å². The number of benzene rings is 1. The third-order valence-corrected chi connectivity index (χ3v) is 8.55. The minimum Gasteiger partial charge on any atom is -0.234 e. The Morgan fingerprint density at radius 3 is 1.36 bits per heavy atom. The van der Waals surface area contributed by atoms with Crippen LogP contribution in [-0.4, -0.2) is 4.57 Å². The Labute approximate surface area is 244 Å². The van der Waals surface area contributed by atoms with Gasteiger partial charge < -0.3 is 0 Å². The van der Waals surface area contributed by atoms with Gasteiger partial charge in [-0.15, -0.1) is 0 Å². The van der Waals surface area contributed by atoms with E-state index in [2.05, 4.69) is 65.7 Å². The number of rotatable bonds is 27. The lowest BCUT2D eigenvalue weighted by molar-refractivity contribution is -0.704. The molecule has 0 spiro atoms. The largest absolute Gasteiger partial charge is 0.261 e. The molecule has 0 bridgehead atoms. The van der Waals surface area contributed by atoms with E-state index in [1.165, 1.54) is 179 Å². The molecular formula is C37H65N2+. The molecule has 0 radical (unpaired) electrons. The van der Waals surface area contributed by atoms with E-state index in [0.717, 1.165) is 0 Å². The first-order chi connectivity index (χ1) is 19.4. The normalized spacial score (nSPS) is 11.4. The molecule has 0 aliphatic carbocycles. The Balaban J connectivity index is 1.58. The molecule has 39 heavy (non-hydrogen) atoms. The van der Waals surface area contributed by atoms with Crippen LogP contribution >= 0.6 is 0 Å². The van der Waals surface area contributed by atoms with Crippen LogP contribution in [-0.2, 0) is 13.0 Å². The predicted octanol–water partition coefficient (Wildman–Crippen LogP) is 11.7. The fourth-order valence-corrected chi connectivity index (χ4v) is 6.00. The molecule has 1 aromatic heterocycles. The highest BCUT2D eigenvalue weighted by Crippen LogP contribution is 2.16. The molecule has 2 heteroatoms. The summed E-state index contributed by atoms with van der Waals surface area (Å²) in [5.41, 5.74) is 1.30. The molecule has 2 rings (SSSR count). The molecule has 2 nitrogen and oxygen atoms in total. The van der Waals surface area contributed by atoms with E-state index in [4.69, 9.17) is 0 Å². The maximum atomic E-state index is 2.55.